The van der Waals surface area contributed by atoms with Gasteiger partial charge in [0.2, 0.25) is 0 Å². The number of H-pyrrole nitrogens is 1. The fourth-order valence-corrected chi connectivity index (χ4v) is 0.987. The molecule has 0 amide bonds. The highest BCUT2D eigenvalue weighted by atomic mass is 32.1. The Bertz CT molecular complexity index is 335. The van der Waals surface area contributed by atoms with E-state index in [1.54, 1.807) is 6.08 Å². The van der Waals surface area contributed by atoms with Gasteiger partial charge in [0, 0.05) is 18.8 Å². The first-order valence-corrected chi connectivity index (χ1v) is 3.56. The van der Waals surface area contributed by atoms with Gasteiger partial charge in [-0.05, 0) is 12.2 Å². The monoisotopic (exact) mass is 168 g/mol. The van der Waals surface area contributed by atoms with E-state index in [0.717, 1.165) is 0 Å². The third kappa shape index (κ3) is 1.65. The van der Waals surface area contributed by atoms with Crippen molar-refractivity contribution in [2.24, 2.45) is 0 Å². The number of aromatic nitrogens is 2. The molecule has 0 atom stereocenters. The molecule has 3 nitrogen and oxygen atoms in total. The van der Waals surface area contributed by atoms with Crippen LogP contribution in [0.15, 0.2) is 29.7 Å². The molecule has 58 valence electrons. The molecule has 1 aromatic rings. The molecule has 1 rings (SSSR count). The van der Waals surface area contributed by atoms with Gasteiger partial charge in [0.05, 0.1) is 0 Å². The third-order valence-electron chi connectivity index (χ3n) is 1.26. The average molecular weight is 168 g/mol. The van der Waals surface area contributed by atoms with Crippen LogP contribution in [0.3, 0.4) is 0 Å². The van der Waals surface area contributed by atoms with Crippen LogP contribution in [0.25, 0.3) is 0 Å². The Labute approximate surface area is 69.0 Å². The first-order valence-electron chi connectivity index (χ1n) is 3.15. The van der Waals surface area contributed by atoms with Gasteiger partial charge in [0.25, 0.3) is 5.56 Å². The molecule has 0 saturated carbocycles. The van der Waals surface area contributed by atoms with Crippen molar-refractivity contribution in [3.8, 4) is 0 Å². The fourth-order valence-electron chi connectivity index (χ4n) is 0.754. The molecule has 4 heteroatoms. The highest BCUT2D eigenvalue weighted by Gasteiger charge is 1.91. The van der Waals surface area contributed by atoms with Crippen molar-refractivity contribution in [3.63, 3.8) is 0 Å². The van der Waals surface area contributed by atoms with Crippen LogP contribution >= 0.6 is 12.2 Å². The Hall–Kier alpha value is -1.16. The molecule has 1 heterocycles. The van der Waals surface area contributed by atoms with Crippen molar-refractivity contribution in [1.82, 2.24) is 9.55 Å². The number of rotatable bonds is 2. The number of nitrogens with one attached hydrogen (secondary N) is 1. The fraction of sp³-hybridized carbons (Fsp3) is 0.143. The number of hydrogen-bond acceptors (Lipinski definition) is 2. The standard InChI is InChI=1S/C7H8N2OS/c1-2-5-9-6(10)3-4-8-7(9)11/h2-4H,1,5H2,(H,8,11). The zero-order valence-corrected chi connectivity index (χ0v) is 6.73. The van der Waals surface area contributed by atoms with E-state index in [1.807, 2.05) is 0 Å². The molecule has 0 spiro atoms. The van der Waals surface area contributed by atoms with Gasteiger partial charge in [0.1, 0.15) is 0 Å². The minimum atomic E-state index is -0.103. The molecule has 0 aliphatic carbocycles. The lowest BCUT2D eigenvalue weighted by atomic mass is 10.5. The first kappa shape index (κ1) is 7.94. The second-order valence-electron chi connectivity index (χ2n) is 2.02. The molecule has 0 aliphatic heterocycles. The zero-order chi connectivity index (χ0) is 8.27. The van der Waals surface area contributed by atoms with Crippen LogP contribution in [0, 0.1) is 4.77 Å². The Morgan fingerprint density at radius 1 is 1.82 bits per heavy atom. The van der Waals surface area contributed by atoms with Crippen LogP contribution in [0.1, 0.15) is 0 Å². The van der Waals surface area contributed by atoms with E-state index in [-0.39, 0.29) is 5.56 Å². The van der Waals surface area contributed by atoms with Crippen LogP contribution in [-0.2, 0) is 6.54 Å². The molecule has 0 bridgehead atoms. The van der Waals surface area contributed by atoms with E-state index in [9.17, 15) is 4.79 Å². The predicted molar refractivity (Wildman–Crippen MR) is 46.1 cm³/mol. The van der Waals surface area contributed by atoms with Crippen LogP contribution in [0.2, 0.25) is 0 Å². The van der Waals surface area contributed by atoms with Crippen molar-refractivity contribution < 1.29 is 0 Å². The number of aromatic amines is 1. The molecule has 0 saturated heterocycles. The van der Waals surface area contributed by atoms with Gasteiger partial charge in [-0.2, -0.15) is 0 Å². The van der Waals surface area contributed by atoms with Crippen molar-refractivity contribution in [3.05, 3.63) is 40.0 Å². The minimum Gasteiger partial charge on any atom is -0.339 e. The van der Waals surface area contributed by atoms with Gasteiger partial charge >= 0.3 is 0 Å². The summed E-state index contributed by atoms with van der Waals surface area (Å²) in [5, 5.41) is 0. The van der Waals surface area contributed by atoms with E-state index in [4.69, 9.17) is 12.2 Å². The molecule has 1 N–H and O–H groups in total. The first-order chi connectivity index (χ1) is 5.25. The molecule has 0 aliphatic rings. The summed E-state index contributed by atoms with van der Waals surface area (Å²) < 4.78 is 1.86. The topological polar surface area (TPSA) is 37.8 Å². The summed E-state index contributed by atoms with van der Waals surface area (Å²) in [7, 11) is 0. The minimum absolute atomic E-state index is 0.103. The summed E-state index contributed by atoms with van der Waals surface area (Å²) in [6, 6.07) is 1.43. The van der Waals surface area contributed by atoms with Crippen molar-refractivity contribution in [2.45, 2.75) is 6.54 Å². The van der Waals surface area contributed by atoms with Gasteiger partial charge in [0.15, 0.2) is 4.77 Å². The predicted octanol–water partition coefficient (Wildman–Crippen LogP) is 1.09. The van der Waals surface area contributed by atoms with E-state index >= 15 is 0 Å². The zero-order valence-electron chi connectivity index (χ0n) is 5.91. The highest BCUT2D eigenvalue weighted by Crippen LogP contribution is 1.82. The molecule has 0 aromatic carbocycles. The van der Waals surface area contributed by atoms with Gasteiger partial charge in [-0.25, -0.2) is 0 Å². The Kier molecular flexibility index (Phi) is 2.38. The van der Waals surface area contributed by atoms with E-state index in [1.165, 1.54) is 16.8 Å². The van der Waals surface area contributed by atoms with E-state index in [2.05, 4.69) is 11.6 Å². The van der Waals surface area contributed by atoms with Gasteiger partial charge < -0.3 is 4.98 Å². The average Bonchev–Trinajstić information content (AvgIpc) is 1.97. The SMILES string of the molecule is C=CCn1c(=O)cc[nH]c1=S. The molecular formula is C7H8N2OS. The van der Waals surface area contributed by atoms with Crippen molar-refractivity contribution >= 4 is 12.2 Å². The summed E-state index contributed by atoms with van der Waals surface area (Å²) in [5.41, 5.74) is -0.103. The van der Waals surface area contributed by atoms with Gasteiger partial charge in [-0.3, -0.25) is 9.36 Å². The lowest BCUT2D eigenvalue weighted by Crippen LogP contribution is -2.19. The maximum absolute atomic E-state index is 11.1. The van der Waals surface area contributed by atoms with Crippen LogP contribution in [0.4, 0.5) is 0 Å². The molecular weight excluding hydrogens is 160 g/mol. The summed E-state index contributed by atoms with van der Waals surface area (Å²) in [6.07, 6.45) is 3.16. The second-order valence-corrected chi connectivity index (χ2v) is 2.41. The molecule has 1 aromatic heterocycles. The third-order valence-corrected chi connectivity index (χ3v) is 1.59. The summed E-state index contributed by atoms with van der Waals surface area (Å²) in [5.74, 6) is 0. The van der Waals surface area contributed by atoms with Crippen LogP contribution in [0.5, 0.6) is 0 Å². The van der Waals surface area contributed by atoms with Gasteiger partial charge in [-0.1, -0.05) is 6.08 Å². The maximum atomic E-state index is 11.1. The summed E-state index contributed by atoms with van der Waals surface area (Å²) in [6.45, 7) is 3.97. The Morgan fingerprint density at radius 2 is 2.55 bits per heavy atom. The van der Waals surface area contributed by atoms with E-state index < -0.39 is 0 Å². The number of allylic oxidation sites excluding steroid dienone is 1. The maximum Gasteiger partial charge on any atom is 0.254 e. The highest BCUT2D eigenvalue weighted by molar-refractivity contribution is 7.71. The van der Waals surface area contributed by atoms with E-state index in [0.29, 0.717) is 11.3 Å². The molecule has 0 radical (unpaired) electrons. The second kappa shape index (κ2) is 3.30. The largest absolute Gasteiger partial charge is 0.339 e. The summed E-state index contributed by atoms with van der Waals surface area (Å²) >= 11 is 4.86. The Balaban J connectivity index is 3.32. The number of nitrogens with zero attached hydrogens (tertiary/aromatic N) is 1. The van der Waals surface area contributed by atoms with Crippen LogP contribution < -0.4 is 5.56 Å². The van der Waals surface area contributed by atoms with Crippen LogP contribution in [-0.4, -0.2) is 9.55 Å². The van der Waals surface area contributed by atoms with Crippen molar-refractivity contribution in [2.75, 3.05) is 0 Å². The number of hydrogen-bond donors (Lipinski definition) is 1. The Morgan fingerprint density at radius 3 is 3.09 bits per heavy atom. The lowest BCUT2D eigenvalue weighted by Gasteiger charge is -1.98. The van der Waals surface area contributed by atoms with Crippen molar-refractivity contribution in [1.29, 1.82) is 0 Å². The molecule has 0 fully saturated rings. The quantitative estimate of drug-likeness (QED) is 0.530. The smallest absolute Gasteiger partial charge is 0.254 e. The summed E-state index contributed by atoms with van der Waals surface area (Å²) in [4.78, 5) is 13.8. The lowest BCUT2D eigenvalue weighted by molar-refractivity contribution is 0.739. The molecule has 0 unspecified atom stereocenters. The normalized spacial score (nSPS) is 9.45. The molecule has 11 heavy (non-hydrogen) atoms. The van der Waals surface area contributed by atoms with Gasteiger partial charge in [-0.15, -0.1) is 6.58 Å².